The average molecular weight is 372 g/mol. The van der Waals surface area contributed by atoms with Crippen LogP contribution in [0.15, 0.2) is 49.1 Å². The summed E-state index contributed by atoms with van der Waals surface area (Å²) in [6.07, 6.45) is 8.64. The lowest BCUT2D eigenvalue weighted by Gasteiger charge is -2.50. The number of Topliss-reactive ketones (excluding diaryl/α,β-unsaturated/α-hetero) is 1. The van der Waals surface area contributed by atoms with Gasteiger partial charge in [0.05, 0.1) is 11.4 Å². The van der Waals surface area contributed by atoms with Crippen LogP contribution in [0.4, 0.5) is 0 Å². The van der Waals surface area contributed by atoms with Gasteiger partial charge in [0, 0.05) is 48.3 Å². The third kappa shape index (κ3) is 2.32. The average Bonchev–Trinajstić information content (AvgIpc) is 3.09. The molecule has 0 unspecified atom stereocenters. The molecule has 0 radical (unpaired) electrons. The number of aryl methyl sites for hydroxylation is 1. The second-order valence-electron chi connectivity index (χ2n) is 8.16. The molecule has 0 aliphatic heterocycles. The highest BCUT2D eigenvalue weighted by Crippen LogP contribution is 2.56. The van der Waals surface area contributed by atoms with Gasteiger partial charge in [0.15, 0.2) is 0 Å². The molecular weight excluding hydrogens is 348 g/mol. The Kier molecular flexibility index (Phi) is 3.93. The Morgan fingerprint density at radius 3 is 2.61 bits per heavy atom. The van der Waals surface area contributed by atoms with Crippen LogP contribution in [0.1, 0.15) is 43.0 Å². The third-order valence-electron chi connectivity index (χ3n) is 6.91. The van der Waals surface area contributed by atoms with Crippen molar-refractivity contribution in [2.24, 2.45) is 18.9 Å². The first-order valence-electron chi connectivity index (χ1n) is 10.0. The number of hydrogen-bond donors (Lipinski definition) is 0. The third-order valence-corrected chi connectivity index (χ3v) is 6.91. The maximum absolute atomic E-state index is 12.6. The molecule has 0 amide bonds. The number of rotatable bonds is 2. The van der Waals surface area contributed by atoms with Crippen molar-refractivity contribution in [3.8, 4) is 11.3 Å². The van der Waals surface area contributed by atoms with Crippen LogP contribution in [0.3, 0.4) is 0 Å². The largest absolute Gasteiger partial charge is 0.299 e. The van der Waals surface area contributed by atoms with Gasteiger partial charge in [-0.05, 0) is 30.7 Å². The molecule has 0 bridgehead atoms. The van der Waals surface area contributed by atoms with E-state index in [0.29, 0.717) is 18.1 Å². The standard InChI is InChI=1S/C23H24N4O/c1-15-19-9-8-18-21(16-12-24-14-25-13-16)26-27(2)22(18)23(19,11-10-20(15)28)17-6-4-3-5-7-17/h3-7,12-15,19H,8-11H2,1-2H3/t15-,19-,23+/m0/s1. The van der Waals surface area contributed by atoms with E-state index in [1.165, 1.54) is 16.8 Å². The highest BCUT2D eigenvalue weighted by Gasteiger charge is 2.54. The van der Waals surface area contributed by atoms with E-state index in [9.17, 15) is 4.79 Å². The summed E-state index contributed by atoms with van der Waals surface area (Å²) >= 11 is 0. The molecule has 0 spiro atoms. The SMILES string of the molecule is C[C@@H]1C(=O)CC[C@]2(c3ccccc3)c3c(c(-c4cncnc4)nn3C)CC[C@@H]12. The number of carbonyl (C=O) groups is 1. The van der Waals surface area contributed by atoms with Crippen molar-refractivity contribution in [2.45, 2.75) is 38.0 Å². The summed E-state index contributed by atoms with van der Waals surface area (Å²) < 4.78 is 2.05. The van der Waals surface area contributed by atoms with Gasteiger partial charge in [-0.3, -0.25) is 9.48 Å². The molecule has 0 N–H and O–H groups in total. The molecular formula is C23H24N4O. The van der Waals surface area contributed by atoms with Crippen molar-refractivity contribution in [2.75, 3.05) is 0 Å². The van der Waals surface area contributed by atoms with E-state index in [0.717, 1.165) is 30.5 Å². The Morgan fingerprint density at radius 2 is 1.86 bits per heavy atom. The molecule has 2 aliphatic carbocycles. The summed E-state index contributed by atoms with van der Waals surface area (Å²) in [7, 11) is 2.04. The molecule has 2 aromatic heterocycles. The van der Waals surface area contributed by atoms with E-state index < -0.39 is 0 Å². The first-order chi connectivity index (χ1) is 13.6. The Labute approximate surface area is 164 Å². The molecule has 2 heterocycles. The van der Waals surface area contributed by atoms with Gasteiger partial charge in [-0.1, -0.05) is 37.3 Å². The van der Waals surface area contributed by atoms with E-state index >= 15 is 0 Å². The molecule has 142 valence electrons. The van der Waals surface area contributed by atoms with Crippen LogP contribution < -0.4 is 0 Å². The summed E-state index contributed by atoms with van der Waals surface area (Å²) in [6, 6.07) is 10.7. The first-order valence-corrected chi connectivity index (χ1v) is 10.0. The summed E-state index contributed by atoms with van der Waals surface area (Å²) in [5, 5.41) is 4.92. The maximum atomic E-state index is 12.6. The molecule has 1 aromatic carbocycles. The Morgan fingerprint density at radius 1 is 1.11 bits per heavy atom. The minimum atomic E-state index is -0.169. The molecule has 0 saturated heterocycles. The molecule has 5 nitrogen and oxygen atoms in total. The summed E-state index contributed by atoms with van der Waals surface area (Å²) in [4.78, 5) is 21.0. The minimum absolute atomic E-state index is 0.0699. The van der Waals surface area contributed by atoms with Gasteiger partial charge in [-0.2, -0.15) is 5.10 Å². The highest BCUT2D eigenvalue weighted by atomic mass is 16.1. The van der Waals surface area contributed by atoms with Crippen LogP contribution in [0.2, 0.25) is 0 Å². The van der Waals surface area contributed by atoms with Gasteiger partial charge in [-0.15, -0.1) is 0 Å². The predicted octanol–water partition coefficient (Wildman–Crippen LogP) is 3.72. The monoisotopic (exact) mass is 372 g/mol. The van der Waals surface area contributed by atoms with E-state index in [-0.39, 0.29) is 11.3 Å². The fraction of sp³-hybridized carbons (Fsp3) is 0.391. The maximum Gasteiger partial charge on any atom is 0.136 e. The van der Waals surface area contributed by atoms with E-state index in [1.54, 1.807) is 6.33 Å². The van der Waals surface area contributed by atoms with Gasteiger partial charge >= 0.3 is 0 Å². The number of fused-ring (bicyclic) bond motifs is 3. The topological polar surface area (TPSA) is 60.7 Å². The Balaban J connectivity index is 1.78. The second kappa shape index (κ2) is 6.36. The van der Waals surface area contributed by atoms with Gasteiger partial charge < -0.3 is 0 Å². The van der Waals surface area contributed by atoms with Crippen LogP contribution in [0.5, 0.6) is 0 Å². The van der Waals surface area contributed by atoms with Crippen LogP contribution in [0.25, 0.3) is 11.3 Å². The molecule has 1 fully saturated rings. The number of benzene rings is 1. The molecule has 3 atom stereocenters. The fourth-order valence-corrected chi connectivity index (χ4v) is 5.72. The van der Waals surface area contributed by atoms with Crippen LogP contribution in [-0.2, 0) is 23.7 Å². The van der Waals surface area contributed by atoms with Crippen molar-refractivity contribution in [1.29, 1.82) is 0 Å². The number of hydrogen-bond acceptors (Lipinski definition) is 4. The normalized spacial score (nSPS) is 26.6. The highest BCUT2D eigenvalue weighted by molar-refractivity contribution is 5.83. The molecule has 2 aliphatic rings. The Bertz CT molecular complexity index is 1030. The van der Waals surface area contributed by atoms with Gasteiger partial charge in [0.2, 0.25) is 0 Å². The number of nitrogens with zero attached hydrogens (tertiary/aromatic N) is 4. The molecule has 5 rings (SSSR count). The molecule has 28 heavy (non-hydrogen) atoms. The van der Waals surface area contributed by atoms with E-state index in [2.05, 4.69) is 51.9 Å². The van der Waals surface area contributed by atoms with E-state index in [1.807, 2.05) is 19.4 Å². The van der Waals surface area contributed by atoms with Crippen LogP contribution in [-0.4, -0.2) is 25.5 Å². The van der Waals surface area contributed by atoms with Crippen molar-refractivity contribution in [1.82, 2.24) is 19.7 Å². The number of carbonyl (C=O) groups excluding carboxylic acids is 1. The molecule has 1 saturated carbocycles. The second-order valence-corrected chi connectivity index (χ2v) is 8.16. The lowest BCUT2D eigenvalue weighted by atomic mass is 9.53. The zero-order valence-electron chi connectivity index (χ0n) is 16.3. The predicted molar refractivity (Wildman–Crippen MR) is 107 cm³/mol. The lowest BCUT2D eigenvalue weighted by Crippen LogP contribution is -2.50. The summed E-state index contributed by atoms with van der Waals surface area (Å²) in [5.41, 5.74) is 5.64. The number of ketones is 1. The fourth-order valence-electron chi connectivity index (χ4n) is 5.72. The van der Waals surface area contributed by atoms with Crippen molar-refractivity contribution in [3.63, 3.8) is 0 Å². The zero-order valence-corrected chi connectivity index (χ0v) is 16.3. The lowest BCUT2D eigenvalue weighted by molar-refractivity contribution is -0.128. The van der Waals surface area contributed by atoms with Gasteiger partial charge in [0.25, 0.3) is 0 Å². The van der Waals surface area contributed by atoms with Crippen LogP contribution >= 0.6 is 0 Å². The van der Waals surface area contributed by atoms with Crippen molar-refractivity contribution < 1.29 is 4.79 Å². The smallest absolute Gasteiger partial charge is 0.136 e. The van der Waals surface area contributed by atoms with Crippen molar-refractivity contribution in [3.05, 3.63) is 65.9 Å². The molecule has 5 heteroatoms. The van der Waals surface area contributed by atoms with Crippen LogP contribution in [0, 0.1) is 11.8 Å². The van der Waals surface area contributed by atoms with Crippen molar-refractivity contribution >= 4 is 5.78 Å². The Hall–Kier alpha value is -2.82. The van der Waals surface area contributed by atoms with E-state index in [4.69, 9.17) is 5.10 Å². The molecule has 3 aromatic rings. The number of aromatic nitrogens is 4. The van der Waals surface area contributed by atoms with Gasteiger partial charge in [0.1, 0.15) is 12.1 Å². The van der Waals surface area contributed by atoms with Gasteiger partial charge in [-0.25, -0.2) is 9.97 Å². The minimum Gasteiger partial charge on any atom is -0.299 e. The zero-order chi connectivity index (χ0) is 19.3. The quantitative estimate of drug-likeness (QED) is 0.688. The summed E-state index contributed by atoms with van der Waals surface area (Å²) in [6.45, 7) is 2.12. The summed E-state index contributed by atoms with van der Waals surface area (Å²) in [5.74, 6) is 0.776. The first kappa shape index (κ1) is 17.3.